The second-order valence-electron chi connectivity index (χ2n) is 7.17. The Morgan fingerprint density at radius 1 is 1.31 bits per heavy atom. The summed E-state index contributed by atoms with van der Waals surface area (Å²) in [6, 6.07) is 6.47. The number of para-hydroxylation sites is 1. The fourth-order valence-electron chi connectivity index (χ4n) is 2.94. The summed E-state index contributed by atoms with van der Waals surface area (Å²) in [5, 5.41) is 11.3. The molecule has 2 heterocycles. The minimum Gasteiger partial charge on any atom is -0.472 e. The van der Waals surface area contributed by atoms with Crippen LogP contribution in [0.1, 0.15) is 43.5 Å². The lowest BCUT2D eigenvalue weighted by atomic mass is 9.76. The topological polar surface area (TPSA) is 90.5 Å². The first-order valence-corrected chi connectivity index (χ1v) is 8.56. The van der Waals surface area contributed by atoms with E-state index in [2.05, 4.69) is 35.7 Å². The first-order valence-electron chi connectivity index (χ1n) is 8.18. The van der Waals surface area contributed by atoms with Gasteiger partial charge in [0.1, 0.15) is 6.61 Å². The van der Waals surface area contributed by atoms with Crippen LogP contribution >= 0.6 is 11.6 Å². The second kappa shape index (κ2) is 6.99. The van der Waals surface area contributed by atoms with Crippen molar-refractivity contribution in [2.24, 2.45) is 10.4 Å². The van der Waals surface area contributed by atoms with E-state index in [1.165, 1.54) is 6.07 Å². The molecule has 1 unspecified atom stereocenters. The van der Waals surface area contributed by atoms with Gasteiger partial charge in [0.15, 0.2) is 0 Å². The molecule has 7 nitrogen and oxygen atoms in total. The molecule has 0 bridgehead atoms. The maximum absolute atomic E-state index is 11.2. The Hall–Kier alpha value is -2.54. The number of rotatable bonds is 4. The van der Waals surface area contributed by atoms with Crippen molar-refractivity contribution in [3.05, 3.63) is 56.5 Å². The minimum atomic E-state index is -0.425. The number of aromatic nitrogens is 2. The van der Waals surface area contributed by atoms with Crippen LogP contribution in [0, 0.1) is 15.5 Å². The Morgan fingerprint density at radius 3 is 2.73 bits per heavy atom. The number of aliphatic imine (C=N–C) groups is 1. The highest BCUT2D eigenvalue weighted by atomic mass is 35.5. The Bertz CT molecular complexity index is 877. The van der Waals surface area contributed by atoms with Crippen molar-refractivity contribution in [2.45, 2.75) is 39.8 Å². The third-order valence-corrected chi connectivity index (χ3v) is 4.42. The van der Waals surface area contributed by atoms with Crippen molar-refractivity contribution in [1.82, 2.24) is 9.97 Å². The van der Waals surface area contributed by atoms with Crippen LogP contribution in [0.3, 0.4) is 0 Å². The predicted octanol–water partition coefficient (Wildman–Crippen LogP) is 4.33. The number of hydrogen-bond donors (Lipinski definition) is 0. The van der Waals surface area contributed by atoms with Gasteiger partial charge in [0.2, 0.25) is 11.2 Å². The number of nitro benzene ring substituents is 1. The van der Waals surface area contributed by atoms with E-state index < -0.39 is 4.92 Å². The first kappa shape index (κ1) is 18.3. The minimum absolute atomic E-state index is 0.00968. The highest BCUT2D eigenvalue weighted by molar-refractivity contribution is 6.28. The summed E-state index contributed by atoms with van der Waals surface area (Å²) in [7, 11) is 0. The average molecular weight is 375 g/mol. The lowest BCUT2D eigenvalue weighted by Gasteiger charge is -2.31. The highest BCUT2D eigenvalue weighted by Gasteiger charge is 2.33. The van der Waals surface area contributed by atoms with Crippen LogP contribution in [0.4, 0.5) is 5.69 Å². The van der Waals surface area contributed by atoms with Gasteiger partial charge in [-0.3, -0.25) is 15.1 Å². The average Bonchev–Trinajstić information content (AvgIpc) is 2.58. The third kappa shape index (κ3) is 3.67. The number of hydrogen-bond acceptors (Lipinski definition) is 6. The lowest BCUT2D eigenvalue weighted by molar-refractivity contribution is -0.385. The maximum Gasteiger partial charge on any atom is 0.276 e. The molecule has 2 aromatic rings. The van der Waals surface area contributed by atoms with Crippen molar-refractivity contribution in [1.29, 1.82) is 0 Å². The molecule has 26 heavy (non-hydrogen) atoms. The standard InChI is InChI=1S/C18H19ClN4O3/c1-18(2,3)12-8-20-9-13-15(12)16(22-17(19)21-13)26-10-11-6-4-5-7-14(11)23(24)25/h4-8,12H,9-10H2,1-3H3. The van der Waals surface area contributed by atoms with E-state index in [9.17, 15) is 10.1 Å². The van der Waals surface area contributed by atoms with Gasteiger partial charge in [0.25, 0.3) is 5.69 Å². The quantitative estimate of drug-likeness (QED) is 0.451. The number of benzene rings is 1. The molecule has 1 atom stereocenters. The second-order valence-corrected chi connectivity index (χ2v) is 7.50. The van der Waals surface area contributed by atoms with Crippen LogP contribution in [-0.2, 0) is 13.2 Å². The Kier molecular flexibility index (Phi) is 4.91. The van der Waals surface area contributed by atoms with Crippen molar-refractivity contribution < 1.29 is 9.66 Å². The molecule has 0 N–H and O–H groups in total. The van der Waals surface area contributed by atoms with E-state index >= 15 is 0 Å². The number of halogens is 1. The predicted molar refractivity (Wildman–Crippen MR) is 98.9 cm³/mol. The number of fused-ring (bicyclic) bond motifs is 1. The van der Waals surface area contributed by atoms with Gasteiger partial charge in [-0.2, -0.15) is 4.98 Å². The van der Waals surface area contributed by atoms with E-state index in [-0.39, 0.29) is 28.9 Å². The summed E-state index contributed by atoms with van der Waals surface area (Å²) >= 11 is 6.04. The van der Waals surface area contributed by atoms with Gasteiger partial charge in [-0.05, 0) is 23.1 Å². The van der Waals surface area contributed by atoms with Gasteiger partial charge in [-0.1, -0.05) is 32.9 Å². The Morgan fingerprint density at radius 2 is 2.04 bits per heavy atom. The molecule has 8 heteroatoms. The number of nitro groups is 1. The van der Waals surface area contributed by atoms with Crippen molar-refractivity contribution in [3.8, 4) is 5.88 Å². The smallest absolute Gasteiger partial charge is 0.276 e. The van der Waals surface area contributed by atoms with E-state index in [1.54, 1.807) is 18.2 Å². The number of ether oxygens (including phenoxy) is 1. The molecule has 1 aliphatic rings. The molecule has 136 valence electrons. The van der Waals surface area contributed by atoms with E-state index in [0.717, 1.165) is 11.3 Å². The van der Waals surface area contributed by atoms with Gasteiger partial charge in [0.05, 0.1) is 22.7 Å². The zero-order valence-electron chi connectivity index (χ0n) is 14.8. The normalized spacial score (nSPS) is 16.2. The SMILES string of the molecule is CC(C)(C)C1C=NCc2nc(Cl)nc(OCc3ccccc3[N+](=O)[O-])c21. The Balaban J connectivity index is 1.97. The van der Waals surface area contributed by atoms with Crippen LogP contribution in [0.5, 0.6) is 5.88 Å². The fourth-order valence-corrected chi connectivity index (χ4v) is 3.12. The van der Waals surface area contributed by atoms with E-state index in [4.69, 9.17) is 16.3 Å². The summed E-state index contributed by atoms with van der Waals surface area (Å²) in [6.45, 7) is 6.72. The third-order valence-electron chi connectivity index (χ3n) is 4.25. The molecule has 0 radical (unpaired) electrons. The summed E-state index contributed by atoms with van der Waals surface area (Å²) in [5.41, 5.74) is 1.93. The van der Waals surface area contributed by atoms with E-state index in [0.29, 0.717) is 18.0 Å². The summed E-state index contributed by atoms with van der Waals surface area (Å²) in [5.74, 6) is 0.313. The monoisotopic (exact) mass is 374 g/mol. The van der Waals surface area contributed by atoms with E-state index in [1.807, 2.05) is 6.21 Å². The van der Waals surface area contributed by atoms with Crippen LogP contribution in [0.25, 0.3) is 0 Å². The highest BCUT2D eigenvalue weighted by Crippen LogP contribution is 2.41. The van der Waals surface area contributed by atoms with Crippen LogP contribution < -0.4 is 4.74 Å². The van der Waals surface area contributed by atoms with Gasteiger partial charge >= 0.3 is 0 Å². The summed E-state index contributed by atoms with van der Waals surface area (Å²) in [6.07, 6.45) is 1.89. The van der Waals surface area contributed by atoms with Crippen molar-refractivity contribution >= 4 is 23.5 Å². The molecular weight excluding hydrogens is 356 g/mol. The van der Waals surface area contributed by atoms with Gasteiger partial charge in [-0.15, -0.1) is 0 Å². The largest absolute Gasteiger partial charge is 0.472 e. The van der Waals surface area contributed by atoms with Gasteiger partial charge in [0, 0.05) is 23.8 Å². The van der Waals surface area contributed by atoms with Gasteiger partial charge < -0.3 is 4.74 Å². The summed E-state index contributed by atoms with van der Waals surface area (Å²) < 4.78 is 5.89. The molecule has 0 fully saturated rings. The molecule has 1 aliphatic heterocycles. The molecule has 0 saturated heterocycles. The zero-order valence-corrected chi connectivity index (χ0v) is 15.5. The van der Waals surface area contributed by atoms with Crippen LogP contribution in [0.15, 0.2) is 29.3 Å². The Labute approximate surface area is 156 Å². The molecule has 0 aliphatic carbocycles. The zero-order chi connectivity index (χ0) is 18.9. The molecule has 0 amide bonds. The molecule has 0 spiro atoms. The molecule has 1 aromatic heterocycles. The van der Waals surface area contributed by atoms with Crippen molar-refractivity contribution in [2.75, 3.05) is 0 Å². The maximum atomic E-state index is 11.2. The number of nitrogens with zero attached hydrogens (tertiary/aromatic N) is 4. The first-order chi connectivity index (χ1) is 12.3. The molecular formula is C18H19ClN4O3. The lowest BCUT2D eigenvalue weighted by Crippen LogP contribution is -2.25. The fraction of sp³-hybridized carbons (Fsp3) is 0.389. The van der Waals surface area contributed by atoms with Gasteiger partial charge in [-0.25, -0.2) is 4.98 Å². The van der Waals surface area contributed by atoms with Crippen LogP contribution in [0.2, 0.25) is 5.28 Å². The van der Waals surface area contributed by atoms with Crippen LogP contribution in [-0.4, -0.2) is 21.1 Å². The molecule has 1 aromatic carbocycles. The van der Waals surface area contributed by atoms with Crippen molar-refractivity contribution in [3.63, 3.8) is 0 Å². The molecule has 0 saturated carbocycles. The molecule has 3 rings (SSSR count). The summed E-state index contributed by atoms with van der Waals surface area (Å²) in [4.78, 5) is 23.7.